The van der Waals surface area contributed by atoms with Crippen molar-refractivity contribution in [3.05, 3.63) is 12.2 Å². The molecule has 0 unspecified atom stereocenters. The van der Waals surface area contributed by atoms with Gasteiger partial charge < -0.3 is 0 Å². The Morgan fingerprint density at radius 1 is 1.75 bits per heavy atom. The molecule has 0 rings (SSSR count). The molecular weight excluding hydrogens is 217 g/mol. The molecule has 0 spiro atoms. The predicted octanol–water partition coefficient (Wildman–Crippen LogP) is -2.69. The van der Waals surface area contributed by atoms with E-state index in [-0.39, 0.29) is 27.4 Å². The van der Waals surface area contributed by atoms with Gasteiger partial charge in [0.25, 0.3) is 0 Å². The van der Waals surface area contributed by atoms with Crippen LogP contribution in [0.3, 0.4) is 0 Å². The van der Waals surface area contributed by atoms with Gasteiger partial charge in [-0.2, -0.15) is 0 Å². The van der Waals surface area contributed by atoms with Crippen molar-refractivity contribution >= 4 is 5.91 Å². The second kappa shape index (κ2) is 3.88. The predicted molar refractivity (Wildman–Crippen MR) is 28.9 cm³/mol. The molecule has 0 saturated carbocycles. The minimum absolute atomic E-state index is 0.0136. The number of alkyl halides is 1. The number of halogens is 1. The Balaban J connectivity index is 3.49. The summed E-state index contributed by atoms with van der Waals surface area (Å²) in [6, 6.07) is 0. The zero-order chi connectivity index (χ0) is 6.57. The Labute approximate surface area is 60.0 Å². The molecule has 0 bridgehead atoms. The zero-order valence-corrected chi connectivity index (χ0v) is 7.15. The number of carbonyl (C=O) groups excluding carboxylic acids is 1. The summed E-state index contributed by atoms with van der Waals surface area (Å²) in [5, 5.41) is 0. The van der Waals surface area contributed by atoms with Gasteiger partial charge in [0.15, 0.2) is 0 Å². The third-order valence-electron chi connectivity index (χ3n) is 0.568. The summed E-state index contributed by atoms with van der Waals surface area (Å²) in [5.41, 5.74) is 0.589. The van der Waals surface area contributed by atoms with Crippen molar-refractivity contribution < 1.29 is 26.3 Å². The van der Waals surface area contributed by atoms with Gasteiger partial charge in [-0.1, -0.05) is 0 Å². The molecule has 0 heterocycles. The van der Waals surface area contributed by atoms with Crippen LogP contribution in [0, 0.1) is 0 Å². The van der Waals surface area contributed by atoms with Gasteiger partial charge in [-0.05, 0) is 0 Å². The van der Waals surface area contributed by atoms with Crippen LogP contribution in [-0.4, -0.2) is 10.8 Å². The molecule has 0 aliphatic carbocycles. The Bertz CT molecular complexity index is 111. The van der Waals surface area contributed by atoms with Gasteiger partial charge in [0.2, 0.25) is 0 Å². The molecule has 1 N–H and O–H groups in total. The van der Waals surface area contributed by atoms with E-state index in [4.69, 9.17) is 0 Å². The fourth-order valence-corrected chi connectivity index (χ4v) is 1.12. The normalized spacial score (nSPS) is 8.75. The zero-order valence-electron chi connectivity index (χ0n) is 4.99. The molecule has 0 radical (unpaired) electrons. The van der Waals surface area contributed by atoms with Crippen LogP contribution < -0.4 is 25.0 Å². The Morgan fingerprint density at radius 2 is 2.25 bits per heavy atom. The monoisotopic (exact) mass is 226 g/mol. The van der Waals surface area contributed by atoms with Crippen molar-refractivity contribution in [1.29, 1.82) is 0 Å². The molecular formula is C5H9INO-. The van der Waals surface area contributed by atoms with Crippen molar-refractivity contribution in [2.45, 2.75) is 6.92 Å². The summed E-state index contributed by atoms with van der Waals surface area (Å²) in [6.07, 6.45) is 0. The summed E-state index contributed by atoms with van der Waals surface area (Å²) in [7, 11) is 0. The van der Waals surface area contributed by atoms with Crippen LogP contribution in [0.25, 0.3) is 0 Å². The first-order valence-corrected chi connectivity index (χ1v) is 5.36. The summed E-state index contributed by atoms with van der Waals surface area (Å²) in [4.78, 5) is 12.5. The number of carbonyl (C=O) groups is 1. The van der Waals surface area contributed by atoms with E-state index in [2.05, 4.69) is 10.1 Å². The second-order valence-corrected chi connectivity index (χ2v) is 3.01. The first kappa shape index (κ1) is 7.94. The van der Waals surface area contributed by atoms with E-state index in [1.165, 1.54) is 0 Å². The molecule has 0 aromatic heterocycles. The summed E-state index contributed by atoms with van der Waals surface area (Å²) >= 11 is -0.127. The number of amides is 1. The maximum atomic E-state index is 10.6. The molecule has 0 atom stereocenters. The van der Waals surface area contributed by atoms with E-state index < -0.39 is 0 Å². The third kappa shape index (κ3) is 3.01. The van der Waals surface area contributed by atoms with Gasteiger partial charge in [0, 0.05) is 0 Å². The third-order valence-corrected chi connectivity index (χ3v) is 1.60. The maximum absolute atomic E-state index is 10.6. The Morgan fingerprint density at radius 3 is 2.38 bits per heavy atom. The van der Waals surface area contributed by atoms with Gasteiger partial charge in [0.05, 0.1) is 0 Å². The summed E-state index contributed by atoms with van der Waals surface area (Å²) in [5.74, 6) is -0.0136. The van der Waals surface area contributed by atoms with Gasteiger partial charge in [-0.25, -0.2) is 0 Å². The quantitative estimate of drug-likeness (QED) is 0.236. The van der Waals surface area contributed by atoms with Crippen LogP contribution in [-0.2, 0) is 4.79 Å². The standard InChI is InChI=1S/C5H9INO/c1-4(2)5(8)7-6-3/h1H2,2-3H3,(H,7,8)/q-1. The van der Waals surface area contributed by atoms with Gasteiger partial charge in [0.1, 0.15) is 0 Å². The van der Waals surface area contributed by atoms with Gasteiger partial charge >= 0.3 is 59.7 Å². The van der Waals surface area contributed by atoms with E-state index in [0.29, 0.717) is 5.57 Å². The van der Waals surface area contributed by atoms with Crippen molar-refractivity contribution in [2.75, 3.05) is 4.93 Å². The van der Waals surface area contributed by atoms with Crippen molar-refractivity contribution in [1.82, 2.24) is 3.53 Å². The van der Waals surface area contributed by atoms with Crippen molar-refractivity contribution in [3.8, 4) is 0 Å². The topological polar surface area (TPSA) is 29.1 Å². The second-order valence-electron chi connectivity index (χ2n) is 1.39. The number of rotatable bonds is 2. The Kier molecular flexibility index (Phi) is 3.85. The number of nitrogens with one attached hydrogen (secondary N) is 1. The van der Waals surface area contributed by atoms with E-state index >= 15 is 0 Å². The van der Waals surface area contributed by atoms with Crippen LogP contribution in [0.1, 0.15) is 6.92 Å². The van der Waals surface area contributed by atoms with Crippen LogP contribution in [0.4, 0.5) is 0 Å². The Hall–Kier alpha value is -0.0600. The molecule has 0 aliphatic rings. The molecule has 0 aromatic rings. The van der Waals surface area contributed by atoms with E-state index in [1.54, 1.807) is 6.92 Å². The first-order chi connectivity index (χ1) is 3.68. The van der Waals surface area contributed by atoms with Crippen molar-refractivity contribution in [3.63, 3.8) is 0 Å². The van der Waals surface area contributed by atoms with Crippen LogP contribution in [0.5, 0.6) is 0 Å². The summed E-state index contributed by atoms with van der Waals surface area (Å²) < 4.78 is 2.72. The number of hydrogen-bond donors (Lipinski definition) is 1. The van der Waals surface area contributed by atoms with E-state index in [9.17, 15) is 4.79 Å². The molecule has 0 saturated heterocycles. The molecule has 0 aliphatic heterocycles. The SMILES string of the molecule is C=C(C)C(=O)N[I-]C. The van der Waals surface area contributed by atoms with Crippen LogP contribution >= 0.6 is 0 Å². The fraction of sp³-hybridized carbons (Fsp3) is 0.400. The van der Waals surface area contributed by atoms with Gasteiger partial charge in [-0.15, -0.1) is 0 Å². The van der Waals surface area contributed by atoms with Crippen molar-refractivity contribution in [2.24, 2.45) is 0 Å². The van der Waals surface area contributed by atoms with E-state index in [1.807, 2.05) is 4.93 Å². The molecule has 8 heavy (non-hydrogen) atoms. The number of hydrogen-bond acceptors (Lipinski definition) is 1. The first-order valence-electron chi connectivity index (χ1n) is 2.12. The summed E-state index contributed by atoms with van der Waals surface area (Å²) in [6.45, 7) is 5.18. The molecule has 0 fully saturated rings. The molecule has 48 valence electrons. The van der Waals surface area contributed by atoms with E-state index in [0.717, 1.165) is 0 Å². The minimum atomic E-state index is -0.127. The molecule has 0 aromatic carbocycles. The molecule has 2 nitrogen and oxygen atoms in total. The molecule has 3 heteroatoms. The van der Waals surface area contributed by atoms with Crippen LogP contribution in [0.15, 0.2) is 12.2 Å². The average molecular weight is 226 g/mol. The average Bonchev–Trinajstić information content (AvgIpc) is 1.67. The van der Waals surface area contributed by atoms with Gasteiger partial charge in [-0.3, -0.25) is 0 Å². The van der Waals surface area contributed by atoms with Crippen LogP contribution in [0.2, 0.25) is 0 Å². The fourth-order valence-electron chi connectivity index (χ4n) is 0.166. The molecule has 1 amide bonds.